The molecule has 0 spiro atoms. The van der Waals surface area contributed by atoms with E-state index in [0.29, 0.717) is 0 Å². The lowest BCUT2D eigenvalue weighted by atomic mass is 10.1. The van der Waals surface area contributed by atoms with Gasteiger partial charge < -0.3 is 15.4 Å². The summed E-state index contributed by atoms with van der Waals surface area (Å²) in [4.78, 5) is 9.59. The van der Waals surface area contributed by atoms with Crippen LogP contribution < -0.4 is 5.73 Å². The van der Waals surface area contributed by atoms with Gasteiger partial charge in [0.2, 0.25) is 0 Å². The van der Waals surface area contributed by atoms with E-state index in [1.165, 1.54) is 0 Å². The SMILES string of the molecule is CC1CC(COP(=O)(O)OC2CCCC2)OC1N. The van der Waals surface area contributed by atoms with Crippen LogP contribution in [-0.2, 0) is 18.3 Å². The van der Waals surface area contributed by atoms with Gasteiger partial charge in [-0.25, -0.2) is 4.57 Å². The van der Waals surface area contributed by atoms with Gasteiger partial charge in [0.15, 0.2) is 0 Å². The van der Waals surface area contributed by atoms with E-state index in [0.717, 1.165) is 32.1 Å². The number of hydrogen-bond donors (Lipinski definition) is 2. The molecule has 2 rings (SSSR count). The minimum atomic E-state index is -3.95. The maximum absolute atomic E-state index is 11.7. The molecule has 1 saturated heterocycles. The summed E-state index contributed by atoms with van der Waals surface area (Å²) in [6.45, 7) is 2.04. The molecular formula is C11H22NO5P. The van der Waals surface area contributed by atoms with Gasteiger partial charge in [0.1, 0.15) is 6.23 Å². The Morgan fingerprint density at radius 3 is 2.67 bits per heavy atom. The van der Waals surface area contributed by atoms with Crippen LogP contribution in [0.3, 0.4) is 0 Å². The maximum atomic E-state index is 11.7. The predicted molar refractivity (Wildman–Crippen MR) is 65.7 cm³/mol. The highest BCUT2D eigenvalue weighted by molar-refractivity contribution is 7.47. The van der Waals surface area contributed by atoms with Crippen LogP contribution in [-0.4, -0.2) is 29.9 Å². The third-order valence-electron chi connectivity index (χ3n) is 3.55. The fourth-order valence-corrected chi connectivity index (χ4v) is 3.46. The zero-order valence-electron chi connectivity index (χ0n) is 10.7. The fraction of sp³-hybridized carbons (Fsp3) is 1.00. The second-order valence-corrected chi connectivity index (χ2v) is 6.62. The van der Waals surface area contributed by atoms with E-state index in [2.05, 4.69) is 0 Å². The first-order valence-electron chi connectivity index (χ1n) is 6.53. The highest BCUT2D eigenvalue weighted by atomic mass is 31.2. The van der Waals surface area contributed by atoms with Crippen LogP contribution in [0.2, 0.25) is 0 Å². The van der Waals surface area contributed by atoms with Gasteiger partial charge >= 0.3 is 7.82 Å². The molecule has 0 amide bonds. The van der Waals surface area contributed by atoms with Crippen LogP contribution in [0.5, 0.6) is 0 Å². The Bertz CT molecular complexity index is 311. The Hall–Kier alpha value is 0.0300. The van der Waals surface area contributed by atoms with Gasteiger partial charge in [0.25, 0.3) is 0 Å². The van der Waals surface area contributed by atoms with E-state index in [1.807, 2.05) is 6.92 Å². The lowest BCUT2D eigenvalue weighted by Gasteiger charge is -2.18. The summed E-state index contributed by atoms with van der Waals surface area (Å²) in [5, 5.41) is 0. The quantitative estimate of drug-likeness (QED) is 0.745. The van der Waals surface area contributed by atoms with E-state index in [9.17, 15) is 9.46 Å². The third kappa shape index (κ3) is 4.02. The van der Waals surface area contributed by atoms with Crippen molar-refractivity contribution in [3.05, 3.63) is 0 Å². The topological polar surface area (TPSA) is 91.0 Å². The summed E-state index contributed by atoms with van der Waals surface area (Å²) in [5.74, 6) is 0.243. The van der Waals surface area contributed by atoms with E-state index in [1.54, 1.807) is 0 Å². The smallest absolute Gasteiger partial charge is 0.358 e. The molecule has 1 saturated carbocycles. The molecule has 4 atom stereocenters. The molecule has 1 aliphatic heterocycles. The molecule has 0 aromatic heterocycles. The molecule has 2 aliphatic rings. The first kappa shape index (κ1) is 14.4. The summed E-state index contributed by atoms with van der Waals surface area (Å²) in [6, 6.07) is 0. The minimum Gasteiger partial charge on any atom is -0.358 e. The molecule has 1 heterocycles. The minimum absolute atomic E-state index is 0.0541. The van der Waals surface area contributed by atoms with Crippen LogP contribution in [0.25, 0.3) is 0 Å². The molecule has 0 radical (unpaired) electrons. The van der Waals surface area contributed by atoms with Crippen molar-refractivity contribution in [2.24, 2.45) is 11.7 Å². The summed E-state index contributed by atoms with van der Waals surface area (Å²) in [6.07, 6.45) is 3.81. The fourth-order valence-electron chi connectivity index (χ4n) is 2.46. The van der Waals surface area contributed by atoms with Crippen molar-refractivity contribution in [3.8, 4) is 0 Å². The Morgan fingerprint density at radius 1 is 1.44 bits per heavy atom. The van der Waals surface area contributed by atoms with Crippen LogP contribution in [0.15, 0.2) is 0 Å². The first-order chi connectivity index (χ1) is 8.46. The second-order valence-electron chi connectivity index (χ2n) is 5.21. The lowest BCUT2D eigenvalue weighted by Crippen LogP contribution is -2.25. The van der Waals surface area contributed by atoms with Crippen LogP contribution in [0, 0.1) is 5.92 Å². The number of rotatable bonds is 5. The number of nitrogens with two attached hydrogens (primary N) is 1. The Balaban J connectivity index is 1.73. The Kier molecular flexibility index (Phi) is 4.80. The van der Waals surface area contributed by atoms with Crippen molar-refractivity contribution in [3.63, 3.8) is 0 Å². The molecule has 106 valence electrons. The number of phosphoric ester groups is 1. The van der Waals surface area contributed by atoms with Gasteiger partial charge in [0, 0.05) is 0 Å². The molecule has 0 aromatic carbocycles. The Morgan fingerprint density at radius 2 is 2.11 bits per heavy atom. The highest BCUT2D eigenvalue weighted by Gasteiger charge is 2.34. The third-order valence-corrected chi connectivity index (χ3v) is 4.59. The van der Waals surface area contributed by atoms with Gasteiger partial charge in [-0.1, -0.05) is 19.8 Å². The van der Waals surface area contributed by atoms with Crippen molar-refractivity contribution in [1.29, 1.82) is 0 Å². The van der Waals surface area contributed by atoms with E-state index < -0.39 is 7.82 Å². The summed E-state index contributed by atoms with van der Waals surface area (Å²) < 4.78 is 27.2. The number of hydrogen-bond acceptors (Lipinski definition) is 5. The molecule has 3 N–H and O–H groups in total. The molecular weight excluding hydrogens is 257 g/mol. The van der Waals surface area contributed by atoms with Gasteiger partial charge in [-0.3, -0.25) is 9.05 Å². The van der Waals surface area contributed by atoms with Crippen molar-refractivity contribution < 1.29 is 23.2 Å². The Labute approximate surface area is 107 Å². The lowest BCUT2D eigenvalue weighted by molar-refractivity contribution is 0.00255. The molecule has 1 aliphatic carbocycles. The normalized spacial score (nSPS) is 36.9. The van der Waals surface area contributed by atoms with Crippen molar-refractivity contribution in [1.82, 2.24) is 0 Å². The van der Waals surface area contributed by atoms with Gasteiger partial charge in [-0.05, 0) is 25.2 Å². The molecule has 6 nitrogen and oxygen atoms in total. The molecule has 2 fully saturated rings. The number of phosphoric acid groups is 1. The van der Waals surface area contributed by atoms with Crippen molar-refractivity contribution >= 4 is 7.82 Å². The average Bonchev–Trinajstić information content (AvgIpc) is 2.87. The molecule has 0 bridgehead atoms. The summed E-state index contributed by atoms with van der Waals surface area (Å²) in [5.41, 5.74) is 5.70. The zero-order chi connectivity index (χ0) is 13.2. The van der Waals surface area contributed by atoms with E-state index in [4.69, 9.17) is 19.5 Å². The monoisotopic (exact) mass is 279 g/mol. The predicted octanol–water partition coefficient (Wildman–Crippen LogP) is 1.77. The zero-order valence-corrected chi connectivity index (χ0v) is 11.6. The average molecular weight is 279 g/mol. The van der Waals surface area contributed by atoms with Crippen LogP contribution >= 0.6 is 7.82 Å². The molecule has 18 heavy (non-hydrogen) atoms. The maximum Gasteiger partial charge on any atom is 0.472 e. The molecule has 7 heteroatoms. The summed E-state index contributed by atoms with van der Waals surface area (Å²) >= 11 is 0. The molecule has 0 aromatic rings. The summed E-state index contributed by atoms with van der Waals surface area (Å²) in [7, 11) is -3.95. The largest absolute Gasteiger partial charge is 0.472 e. The number of ether oxygens (including phenoxy) is 1. The van der Waals surface area contributed by atoms with Gasteiger partial charge in [-0.15, -0.1) is 0 Å². The van der Waals surface area contributed by atoms with Crippen LogP contribution in [0.4, 0.5) is 0 Å². The van der Waals surface area contributed by atoms with Crippen molar-refractivity contribution in [2.75, 3.05) is 6.61 Å². The van der Waals surface area contributed by atoms with Gasteiger partial charge in [-0.2, -0.15) is 0 Å². The first-order valence-corrected chi connectivity index (χ1v) is 8.02. The molecule has 4 unspecified atom stereocenters. The van der Waals surface area contributed by atoms with Gasteiger partial charge in [0.05, 0.1) is 18.8 Å². The highest BCUT2D eigenvalue weighted by Crippen LogP contribution is 2.47. The van der Waals surface area contributed by atoms with Crippen molar-refractivity contribution in [2.45, 2.75) is 57.5 Å². The van der Waals surface area contributed by atoms with E-state index in [-0.39, 0.29) is 31.0 Å². The second kappa shape index (κ2) is 5.99. The van der Waals surface area contributed by atoms with E-state index >= 15 is 0 Å². The standard InChI is InChI=1S/C11H22NO5P/c1-8-6-10(16-11(8)12)7-15-18(13,14)17-9-4-2-3-5-9/h8-11H,2-7,12H2,1H3,(H,13,14). The van der Waals surface area contributed by atoms with Crippen LogP contribution in [0.1, 0.15) is 39.0 Å².